The van der Waals surface area contributed by atoms with Gasteiger partial charge in [0.1, 0.15) is 29.7 Å². The zero-order chi connectivity index (χ0) is 18.9. The van der Waals surface area contributed by atoms with E-state index < -0.39 is 0 Å². The highest BCUT2D eigenvalue weighted by molar-refractivity contribution is 6.29. The van der Waals surface area contributed by atoms with Crippen LogP contribution in [0.3, 0.4) is 0 Å². The molecule has 0 aliphatic rings. The van der Waals surface area contributed by atoms with Gasteiger partial charge in [-0.25, -0.2) is 9.97 Å². The average Bonchev–Trinajstić information content (AvgIpc) is 2.62. The van der Waals surface area contributed by atoms with E-state index in [0.29, 0.717) is 24.1 Å². The van der Waals surface area contributed by atoms with Gasteiger partial charge in [-0.15, -0.1) is 0 Å². The first-order chi connectivity index (χ1) is 12.5. The second-order valence-electron chi connectivity index (χ2n) is 5.95. The number of nitrogens with one attached hydrogen (secondary N) is 1. The van der Waals surface area contributed by atoms with Gasteiger partial charge >= 0.3 is 0 Å². The number of rotatable bonds is 8. The highest BCUT2D eigenvalue weighted by Crippen LogP contribution is 2.25. The number of aryl methyl sites for hydroxylation is 2. The van der Waals surface area contributed by atoms with E-state index in [1.807, 2.05) is 6.08 Å². The normalized spacial score (nSPS) is 11.8. The summed E-state index contributed by atoms with van der Waals surface area (Å²) in [6, 6.07) is 5.93. The number of aliphatic imine (C=N–C) groups is 1. The van der Waals surface area contributed by atoms with E-state index >= 15 is 0 Å². The SMILES string of the molecule is CC/C=C\C(COc1c(C)cc(CNc2cc(Cl)ncn2)cc1C)=NC. The molecule has 0 saturated heterocycles. The highest BCUT2D eigenvalue weighted by atomic mass is 35.5. The van der Waals surface area contributed by atoms with Gasteiger partial charge in [-0.3, -0.25) is 4.99 Å². The summed E-state index contributed by atoms with van der Waals surface area (Å²) < 4.78 is 6.01. The molecule has 1 aromatic carbocycles. The summed E-state index contributed by atoms with van der Waals surface area (Å²) in [5.41, 5.74) is 4.27. The van der Waals surface area contributed by atoms with Crippen LogP contribution in [-0.4, -0.2) is 29.3 Å². The van der Waals surface area contributed by atoms with Gasteiger partial charge in [0.15, 0.2) is 0 Å². The first-order valence-electron chi connectivity index (χ1n) is 8.60. The van der Waals surface area contributed by atoms with Crippen LogP contribution in [0.5, 0.6) is 5.75 Å². The van der Waals surface area contributed by atoms with Crippen LogP contribution >= 0.6 is 11.6 Å². The van der Waals surface area contributed by atoms with Gasteiger partial charge in [0, 0.05) is 19.7 Å². The molecule has 0 saturated carbocycles. The van der Waals surface area contributed by atoms with Crippen LogP contribution in [0, 0.1) is 13.8 Å². The minimum Gasteiger partial charge on any atom is -0.487 e. The standard InChI is InChI=1S/C20H25ClN4O/c1-5-6-7-17(22-4)12-26-20-14(2)8-16(9-15(20)3)11-23-19-10-18(21)24-13-25-19/h6-10,13H,5,11-12H2,1-4H3,(H,23,24,25)/b7-6-,22-17?. The lowest BCUT2D eigenvalue weighted by molar-refractivity contribution is 0.371. The van der Waals surface area contributed by atoms with Crippen LogP contribution in [0.25, 0.3) is 0 Å². The van der Waals surface area contributed by atoms with Crippen LogP contribution in [-0.2, 0) is 6.54 Å². The maximum absolute atomic E-state index is 6.01. The fourth-order valence-electron chi connectivity index (χ4n) is 2.58. The first kappa shape index (κ1) is 19.9. The van der Waals surface area contributed by atoms with Crippen molar-refractivity contribution in [3.8, 4) is 5.75 Å². The molecule has 0 amide bonds. The lowest BCUT2D eigenvalue weighted by Gasteiger charge is -2.15. The monoisotopic (exact) mass is 372 g/mol. The van der Waals surface area contributed by atoms with Crippen molar-refractivity contribution in [2.45, 2.75) is 33.7 Å². The Bertz CT molecular complexity index is 779. The first-order valence-corrected chi connectivity index (χ1v) is 8.97. The van der Waals surface area contributed by atoms with Gasteiger partial charge < -0.3 is 10.1 Å². The lowest BCUT2D eigenvalue weighted by atomic mass is 10.1. The molecule has 26 heavy (non-hydrogen) atoms. The van der Waals surface area contributed by atoms with Crippen LogP contribution in [0.2, 0.25) is 5.15 Å². The smallest absolute Gasteiger partial charge is 0.134 e. The third kappa shape index (κ3) is 5.85. The van der Waals surface area contributed by atoms with Gasteiger partial charge in [-0.2, -0.15) is 0 Å². The number of anilines is 1. The Hall–Kier alpha value is -2.40. The Labute approximate surface area is 160 Å². The zero-order valence-electron chi connectivity index (χ0n) is 15.7. The van der Waals surface area contributed by atoms with Gasteiger partial charge in [-0.1, -0.05) is 36.7 Å². The summed E-state index contributed by atoms with van der Waals surface area (Å²) in [6.45, 7) is 7.32. The summed E-state index contributed by atoms with van der Waals surface area (Å²) in [5.74, 6) is 1.61. The Morgan fingerprint density at radius 3 is 2.58 bits per heavy atom. The van der Waals surface area contributed by atoms with Crippen LogP contribution < -0.4 is 10.1 Å². The van der Waals surface area contributed by atoms with Crippen molar-refractivity contribution in [3.05, 3.63) is 58.5 Å². The van der Waals surface area contributed by atoms with E-state index in [2.05, 4.69) is 59.3 Å². The van der Waals surface area contributed by atoms with E-state index in [4.69, 9.17) is 16.3 Å². The molecule has 2 aromatic rings. The molecule has 1 heterocycles. The molecule has 0 bridgehead atoms. The fraction of sp³-hybridized carbons (Fsp3) is 0.350. The molecule has 0 fully saturated rings. The molecule has 0 unspecified atom stereocenters. The van der Waals surface area contributed by atoms with E-state index in [-0.39, 0.29) is 0 Å². The Balaban J connectivity index is 2.04. The van der Waals surface area contributed by atoms with Crippen molar-refractivity contribution >= 4 is 23.1 Å². The number of ether oxygens (including phenoxy) is 1. The second-order valence-corrected chi connectivity index (χ2v) is 6.34. The summed E-state index contributed by atoms with van der Waals surface area (Å²) in [7, 11) is 1.78. The van der Waals surface area contributed by atoms with Crippen molar-refractivity contribution in [3.63, 3.8) is 0 Å². The van der Waals surface area contributed by atoms with Crippen molar-refractivity contribution in [1.82, 2.24) is 9.97 Å². The average molecular weight is 373 g/mol. The Morgan fingerprint density at radius 2 is 1.96 bits per heavy atom. The van der Waals surface area contributed by atoms with E-state index in [1.54, 1.807) is 13.1 Å². The van der Waals surface area contributed by atoms with Crippen molar-refractivity contribution < 1.29 is 4.74 Å². The maximum Gasteiger partial charge on any atom is 0.134 e. The molecule has 1 N–H and O–H groups in total. The number of benzene rings is 1. The largest absolute Gasteiger partial charge is 0.487 e. The number of hydrogen-bond donors (Lipinski definition) is 1. The fourth-order valence-corrected chi connectivity index (χ4v) is 2.73. The number of halogens is 1. The predicted octanol–water partition coefficient (Wildman–Crippen LogP) is 4.77. The number of nitrogens with zero attached hydrogens (tertiary/aromatic N) is 3. The molecule has 1 aromatic heterocycles. The predicted molar refractivity (Wildman–Crippen MR) is 109 cm³/mol. The van der Waals surface area contributed by atoms with E-state index in [0.717, 1.165) is 34.6 Å². The van der Waals surface area contributed by atoms with E-state index in [9.17, 15) is 0 Å². The Kier molecular flexibility index (Phi) is 7.60. The summed E-state index contributed by atoms with van der Waals surface area (Å²) in [6.07, 6.45) is 6.52. The molecule has 0 spiro atoms. The number of hydrogen-bond acceptors (Lipinski definition) is 5. The quantitative estimate of drug-likeness (QED) is 0.535. The lowest BCUT2D eigenvalue weighted by Crippen LogP contribution is -2.11. The minimum atomic E-state index is 0.420. The van der Waals surface area contributed by atoms with Gasteiger partial charge in [0.25, 0.3) is 0 Å². The topological polar surface area (TPSA) is 59.4 Å². The summed E-state index contributed by atoms with van der Waals surface area (Å²) >= 11 is 5.88. The van der Waals surface area contributed by atoms with E-state index in [1.165, 1.54) is 6.33 Å². The van der Waals surface area contributed by atoms with Crippen molar-refractivity contribution in [1.29, 1.82) is 0 Å². The third-order valence-corrected chi connectivity index (χ3v) is 4.03. The van der Waals surface area contributed by atoms with Gasteiger partial charge in [-0.05, 0) is 43.0 Å². The highest BCUT2D eigenvalue weighted by Gasteiger charge is 2.08. The minimum absolute atomic E-state index is 0.420. The zero-order valence-corrected chi connectivity index (χ0v) is 16.5. The van der Waals surface area contributed by atoms with Crippen molar-refractivity contribution in [2.75, 3.05) is 19.0 Å². The van der Waals surface area contributed by atoms with Gasteiger partial charge in [0.2, 0.25) is 0 Å². The molecular weight excluding hydrogens is 348 g/mol. The maximum atomic E-state index is 6.01. The summed E-state index contributed by atoms with van der Waals surface area (Å²) in [4.78, 5) is 12.3. The molecule has 0 aliphatic heterocycles. The third-order valence-electron chi connectivity index (χ3n) is 3.82. The van der Waals surface area contributed by atoms with Crippen LogP contribution in [0.15, 0.2) is 41.7 Å². The molecule has 2 rings (SSSR count). The second kappa shape index (κ2) is 9.92. The van der Waals surface area contributed by atoms with Crippen molar-refractivity contribution in [2.24, 2.45) is 4.99 Å². The molecule has 0 radical (unpaired) electrons. The number of allylic oxidation sites excluding steroid dienone is 1. The molecule has 5 nitrogen and oxygen atoms in total. The number of aromatic nitrogens is 2. The van der Waals surface area contributed by atoms with Crippen LogP contribution in [0.1, 0.15) is 30.0 Å². The molecule has 138 valence electrons. The summed E-state index contributed by atoms with van der Waals surface area (Å²) in [5, 5.41) is 3.67. The molecular formula is C20H25ClN4O. The Morgan fingerprint density at radius 1 is 1.23 bits per heavy atom. The van der Waals surface area contributed by atoms with Gasteiger partial charge in [0.05, 0.1) is 5.71 Å². The molecule has 6 heteroatoms. The van der Waals surface area contributed by atoms with Crippen LogP contribution in [0.4, 0.5) is 5.82 Å². The molecule has 0 aliphatic carbocycles. The molecule has 0 atom stereocenters.